The average molecular weight is 390 g/mol. The standard InChI is InChI=1S/C19H27N5O2S/c1-13-6-8-23(9-7-13)18(25)12-27-19-22-21-17(24(19)20)11-26-16-5-4-14(2)10-15(16)3/h4-5,10,13H,6-9,11-12,20H2,1-3H3. The summed E-state index contributed by atoms with van der Waals surface area (Å²) in [7, 11) is 0. The van der Waals surface area contributed by atoms with Crippen molar-refractivity contribution in [1.82, 2.24) is 19.8 Å². The Morgan fingerprint density at radius 3 is 2.74 bits per heavy atom. The van der Waals surface area contributed by atoms with Crippen molar-refractivity contribution in [2.24, 2.45) is 5.92 Å². The van der Waals surface area contributed by atoms with Crippen molar-refractivity contribution in [2.45, 2.75) is 45.4 Å². The lowest BCUT2D eigenvalue weighted by atomic mass is 9.99. The number of nitrogen functional groups attached to an aromatic ring is 1. The number of rotatable bonds is 6. The Morgan fingerprint density at radius 1 is 1.30 bits per heavy atom. The molecule has 8 heteroatoms. The minimum absolute atomic E-state index is 0.128. The normalized spacial score (nSPS) is 15.1. The minimum atomic E-state index is 0.128. The van der Waals surface area contributed by atoms with Gasteiger partial charge in [0.15, 0.2) is 5.82 Å². The summed E-state index contributed by atoms with van der Waals surface area (Å²) in [5.41, 5.74) is 2.25. The zero-order valence-corrected chi connectivity index (χ0v) is 17.0. The summed E-state index contributed by atoms with van der Waals surface area (Å²) in [4.78, 5) is 14.3. The second-order valence-corrected chi connectivity index (χ2v) is 8.12. The first-order valence-electron chi connectivity index (χ1n) is 9.24. The Bertz CT molecular complexity index is 799. The van der Waals surface area contributed by atoms with Gasteiger partial charge in [0.05, 0.1) is 5.75 Å². The average Bonchev–Trinajstić information content (AvgIpc) is 2.99. The van der Waals surface area contributed by atoms with Crippen LogP contribution in [-0.4, -0.2) is 44.5 Å². The van der Waals surface area contributed by atoms with Crippen molar-refractivity contribution >= 4 is 17.7 Å². The molecule has 2 N–H and O–H groups in total. The molecule has 3 rings (SSSR count). The third kappa shape index (κ3) is 4.94. The number of likely N-dealkylation sites (tertiary alicyclic amines) is 1. The molecule has 1 fully saturated rings. The topological polar surface area (TPSA) is 86.3 Å². The molecule has 1 aliphatic heterocycles. The number of hydrogen-bond acceptors (Lipinski definition) is 6. The van der Waals surface area contributed by atoms with Gasteiger partial charge in [0.25, 0.3) is 0 Å². The predicted molar refractivity (Wildman–Crippen MR) is 106 cm³/mol. The molecule has 2 heterocycles. The van der Waals surface area contributed by atoms with Crippen molar-refractivity contribution in [3.05, 3.63) is 35.2 Å². The molecule has 0 saturated carbocycles. The Labute approximate surface area is 164 Å². The highest BCUT2D eigenvalue weighted by molar-refractivity contribution is 7.99. The summed E-state index contributed by atoms with van der Waals surface area (Å²) < 4.78 is 7.22. The molecule has 0 aliphatic carbocycles. The summed E-state index contributed by atoms with van der Waals surface area (Å²) >= 11 is 1.31. The Balaban J connectivity index is 1.53. The van der Waals surface area contributed by atoms with Gasteiger partial charge in [-0.15, -0.1) is 10.2 Å². The molecule has 27 heavy (non-hydrogen) atoms. The fourth-order valence-corrected chi connectivity index (χ4v) is 3.86. The number of nitrogens with two attached hydrogens (primary N) is 1. The van der Waals surface area contributed by atoms with E-state index in [1.165, 1.54) is 22.0 Å². The van der Waals surface area contributed by atoms with Crippen LogP contribution in [0.5, 0.6) is 5.75 Å². The van der Waals surface area contributed by atoms with Crippen molar-refractivity contribution in [1.29, 1.82) is 0 Å². The number of hydrogen-bond donors (Lipinski definition) is 1. The second-order valence-electron chi connectivity index (χ2n) is 7.18. The van der Waals surface area contributed by atoms with Crippen LogP contribution < -0.4 is 10.6 Å². The smallest absolute Gasteiger partial charge is 0.233 e. The largest absolute Gasteiger partial charge is 0.485 e. The van der Waals surface area contributed by atoms with E-state index in [1.54, 1.807) is 0 Å². The van der Waals surface area contributed by atoms with Gasteiger partial charge in [0, 0.05) is 13.1 Å². The van der Waals surface area contributed by atoms with E-state index in [9.17, 15) is 4.79 Å². The summed E-state index contributed by atoms with van der Waals surface area (Å²) in [5.74, 6) is 8.55. The van der Waals surface area contributed by atoms with E-state index in [1.807, 2.05) is 30.9 Å². The lowest BCUT2D eigenvalue weighted by Crippen LogP contribution is -2.39. The maximum Gasteiger partial charge on any atom is 0.233 e. The van der Waals surface area contributed by atoms with Gasteiger partial charge in [0.2, 0.25) is 11.1 Å². The van der Waals surface area contributed by atoms with Crippen LogP contribution >= 0.6 is 11.8 Å². The number of carbonyl (C=O) groups is 1. The van der Waals surface area contributed by atoms with Crippen LogP contribution in [0.1, 0.15) is 36.7 Å². The minimum Gasteiger partial charge on any atom is -0.485 e. The van der Waals surface area contributed by atoms with Crippen molar-refractivity contribution in [2.75, 3.05) is 24.7 Å². The molecule has 1 aromatic carbocycles. The number of piperidine rings is 1. The Morgan fingerprint density at radius 2 is 2.04 bits per heavy atom. The number of aromatic nitrogens is 3. The van der Waals surface area contributed by atoms with Crippen LogP contribution in [0.25, 0.3) is 0 Å². The molecule has 2 aromatic rings. The number of thioether (sulfide) groups is 1. The zero-order chi connectivity index (χ0) is 19.4. The van der Waals surface area contributed by atoms with Crippen molar-refractivity contribution in [3.8, 4) is 5.75 Å². The molecule has 0 radical (unpaired) electrons. The third-order valence-electron chi connectivity index (χ3n) is 4.88. The van der Waals surface area contributed by atoms with E-state index in [2.05, 4.69) is 23.2 Å². The van der Waals surface area contributed by atoms with E-state index in [-0.39, 0.29) is 12.5 Å². The monoisotopic (exact) mass is 389 g/mol. The van der Waals surface area contributed by atoms with Gasteiger partial charge < -0.3 is 15.5 Å². The zero-order valence-electron chi connectivity index (χ0n) is 16.1. The van der Waals surface area contributed by atoms with Crippen LogP contribution in [-0.2, 0) is 11.4 Å². The number of carbonyl (C=O) groups excluding carboxylic acids is 1. The van der Waals surface area contributed by atoms with Gasteiger partial charge in [-0.25, -0.2) is 4.68 Å². The van der Waals surface area contributed by atoms with Crippen LogP contribution in [0.2, 0.25) is 0 Å². The highest BCUT2D eigenvalue weighted by Gasteiger charge is 2.21. The summed E-state index contributed by atoms with van der Waals surface area (Å²) in [6, 6.07) is 6.01. The van der Waals surface area contributed by atoms with Crippen LogP contribution in [0.3, 0.4) is 0 Å². The van der Waals surface area contributed by atoms with Gasteiger partial charge in [-0.1, -0.05) is 36.4 Å². The maximum absolute atomic E-state index is 12.4. The number of aryl methyl sites for hydroxylation is 2. The third-order valence-corrected chi connectivity index (χ3v) is 5.81. The molecule has 0 bridgehead atoms. The van der Waals surface area contributed by atoms with Crippen LogP contribution in [0.15, 0.2) is 23.4 Å². The number of benzene rings is 1. The van der Waals surface area contributed by atoms with Gasteiger partial charge in [0.1, 0.15) is 12.4 Å². The van der Waals surface area contributed by atoms with E-state index in [0.29, 0.717) is 22.7 Å². The molecule has 1 aromatic heterocycles. The van der Waals surface area contributed by atoms with Gasteiger partial charge in [-0.05, 0) is 44.2 Å². The molecule has 1 amide bonds. The van der Waals surface area contributed by atoms with Gasteiger partial charge >= 0.3 is 0 Å². The molecule has 7 nitrogen and oxygen atoms in total. The van der Waals surface area contributed by atoms with Gasteiger partial charge in [-0.2, -0.15) is 0 Å². The fraction of sp³-hybridized carbons (Fsp3) is 0.526. The first-order valence-corrected chi connectivity index (χ1v) is 10.2. The second kappa shape index (κ2) is 8.65. The number of ether oxygens (including phenoxy) is 1. The van der Waals surface area contributed by atoms with Gasteiger partial charge in [-0.3, -0.25) is 4.79 Å². The van der Waals surface area contributed by atoms with E-state index >= 15 is 0 Å². The molecule has 146 valence electrons. The number of amides is 1. The van der Waals surface area contributed by atoms with E-state index in [4.69, 9.17) is 10.6 Å². The quantitative estimate of drug-likeness (QED) is 0.604. The molecule has 0 spiro atoms. The highest BCUT2D eigenvalue weighted by atomic mass is 32.2. The maximum atomic E-state index is 12.4. The van der Waals surface area contributed by atoms with Crippen LogP contribution in [0.4, 0.5) is 0 Å². The summed E-state index contributed by atoms with van der Waals surface area (Å²) in [5, 5.41) is 8.71. The summed E-state index contributed by atoms with van der Waals surface area (Å²) in [6.07, 6.45) is 2.15. The number of nitrogens with zero attached hydrogens (tertiary/aromatic N) is 4. The fourth-order valence-electron chi connectivity index (χ4n) is 3.08. The van der Waals surface area contributed by atoms with E-state index < -0.39 is 0 Å². The van der Waals surface area contributed by atoms with Crippen molar-refractivity contribution in [3.63, 3.8) is 0 Å². The lowest BCUT2D eigenvalue weighted by molar-refractivity contribution is -0.129. The molecular formula is C19H27N5O2S. The first-order chi connectivity index (χ1) is 12.9. The summed E-state index contributed by atoms with van der Waals surface area (Å²) in [6.45, 7) is 8.18. The molecular weight excluding hydrogens is 362 g/mol. The van der Waals surface area contributed by atoms with E-state index in [0.717, 1.165) is 37.2 Å². The molecule has 1 saturated heterocycles. The Hall–Kier alpha value is -2.22. The predicted octanol–water partition coefficient (Wildman–Crippen LogP) is 2.54. The van der Waals surface area contributed by atoms with Crippen molar-refractivity contribution < 1.29 is 9.53 Å². The highest BCUT2D eigenvalue weighted by Crippen LogP contribution is 2.22. The Kier molecular flexibility index (Phi) is 6.26. The first kappa shape index (κ1) is 19.5. The SMILES string of the molecule is Cc1ccc(OCc2nnc(SCC(=O)N3CCC(C)CC3)n2N)c(C)c1. The van der Waals surface area contributed by atoms with Crippen LogP contribution in [0, 0.1) is 19.8 Å². The molecule has 0 atom stereocenters. The lowest BCUT2D eigenvalue weighted by Gasteiger charge is -2.30. The molecule has 1 aliphatic rings. The molecule has 0 unspecified atom stereocenters.